The quantitative estimate of drug-likeness (QED) is 0.196. The fourth-order valence-corrected chi connectivity index (χ4v) is 7.63. The lowest BCUT2D eigenvalue weighted by Gasteiger charge is -2.49. The number of rotatable bonds is 7. The van der Waals surface area contributed by atoms with Crippen LogP contribution in [0, 0.1) is 34.5 Å². The smallest absolute Gasteiger partial charge is 0.393 e. The maximum Gasteiger partial charge on any atom is 0.438 e. The van der Waals surface area contributed by atoms with Gasteiger partial charge in [0.15, 0.2) is 0 Å². The lowest BCUT2D eigenvalue weighted by Crippen LogP contribution is -2.55. The Morgan fingerprint density at radius 1 is 1.07 bits per heavy atom. The second kappa shape index (κ2) is 12.5. The van der Waals surface area contributed by atoms with Gasteiger partial charge in [0.1, 0.15) is 6.17 Å². The molecule has 3 rings (SSSR count). The van der Waals surface area contributed by atoms with Gasteiger partial charge in [0.05, 0.1) is 11.7 Å². The van der Waals surface area contributed by atoms with Crippen molar-refractivity contribution >= 4 is 0 Å². The second-order valence-corrected chi connectivity index (χ2v) is 13.1. The number of hydrogen-bond donors (Lipinski definition) is 3. The molecule has 0 heterocycles. The number of allylic oxidation sites excluding steroid dienone is 4. The summed E-state index contributed by atoms with van der Waals surface area (Å²) in [7, 11) is 0. The summed E-state index contributed by atoms with van der Waals surface area (Å²) in [4.78, 5) is 0. The molecule has 0 saturated heterocycles. The van der Waals surface area contributed by atoms with Gasteiger partial charge in [0.2, 0.25) is 0 Å². The fourth-order valence-electron chi connectivity index (χ4n) is 7.63. The van der Waals surface area contributed by atoms with Gasteiger partial charge in [-0.15, -0.1) is 0 Å². The summed E-state index contributed by atoms with van der Waals surface area (Å²) < 4.78 is 141. The van der Waals surface area contributed by atoms with Gasteiger partial charge in [-0.1, -0.05) is 50.5 Å². The lowest BCUT2D eigenvalue weighted by molar-refractivity contribution is -0.343. The zero-order valence-corrected chi connectivity index (χ0v) is 24.4. The molecule has 0 bridgehead atoms. The highest BCUT2D eigenvalue weighted by atomic mass is 19.4. The first-order chi connectivity index (χ1) is 22.0. The van der Waals surface area contributed by atoms with Crippen molar-refractivity contribution in [3.05, 3.63) is 35.5 Å². The van der Waals surface area contributed by atoms with Gasteiger partial charge in [0.25, 0.3) is 0 Å². The number of aliphatic hydroxyl groups is 3. The second-order valence-electron chi connectivity index (χ2n) is 13.1. The van der Waals surface area contributed by atoms with Gasteiger partial charge in [-0.3, -0.25) is 0 Å². The van der Waals surface area contributed by atoms with Crippen molar-refractivity contribution in [2.75, 3.05) is 0 Å². The molecule has 0 aliphatic heterocycles. The summed E-state index contributed by atoms with van der Waals surface area (Å²) in [5.41, 5.74) is -8.34. The van der Waals surface area contributed by atoms with Gasteiger partial charge in [-0.05, 0) is 105 Å². The van der Waals surface area contributed by atoms with Crippen molar-refractivity contribution in [1.82, 2.24) is 0 Å². The first kappa shape index (κ1) is 27.5. The molecular formula is C33H45F7O3. The summed E-state index contributed by atoms with van der Waals surface area (Å²) in [5.74, 6) is 2.47. The third-order valence-corrected chi connectivity index (χ3v) is 9.90. The van der Waals surface area contributed by atoms with E-state index in [4.69, 9.17) is 8.22 Å². The Balaban J connectivity index is 2.03. The van der Waals surface area contributed by atoms with Crippen LogP contribution in [0.25, 0.3) is 0 Å². The van der Waals surface area contributed by atoms with E-state index in [1.54, 1.807) is 13.0 Å². The van der Waals surface area contributed by atoms with Crippen molar-refractivity contribution in [3.63, 3.8) is 0 Å². The average Bonchev–Trinajstić information content (AvgIpc) is 3.29. The van der Waals surface area contributed by atoms with E-state index in [1.807, 2.05) is 18.9 Å². The molecule has 244 valence electrons. The van der Waals surface area contributed by atoms with E-state index in [2.05, 4.69) is 6.58 Å². The highest BCUT2D eigenvalue weighted by Gasteiger charge is 2.70. The summed E-state index contributed by atoms with van der Waals surface area (Å²) in [6, 6.07) is 0. The molecule has 3 N–H and O–H groups in total. The van der Waals surface area contributed by atoms with E-state index in [1.165, 1.54) is 0 Å². The summed E-state index contributed by atoms with van der Waals surface area (Å²) >= 11 is 0. The molecule has 1 unspecified atom stereocenters. The normalized spacial score (nSPS) is 35.0. The predicted molar refractivity (Wildman–Crippen MR) is 151 cm³/mol. The van der Waals surface area contributed by atoms with Crippen LogP contribution in [0.5, 0.6) is 0 Å². The first-order valence-corrected chi connectivity index (χ1v) is 14.5. The van der Waals surface area contributed by atoms with E-state index < -0.39 is 79.1 Å². The third-order valence-electron chi connectivity index (χ3n) is 9.90. The molecule has 3 nitrogen and oxygen atoms in total. The highest BCUT2D eigenvalue weighted by Crippen LogP contribution is 2.63. The molecule has 0 aromatic rings. The lowest BCUT2D eigenvalue weighted by atomic mass is 9.55. The molecule has 43 heavy (non-hydrogen) atoms. The number of alkyl halides is 7. The minimum atomic E-state index is -6.16. The van der Waals surface area contributed by atoms with Crippen molar-refractivity contribution in [2.24, 2.45) is 22.7 Å². The van der Waals surface area contributed by atoms with E-state index in [9.17, 15) is 46.1 Å². The molecule has 3 fully saturated rings. The van der Waals surface area contributed by atoms with Crippen molar-refractivity contribution in [1.29, 1.82) is 0 Å². The Morgan fingerprint density at radius 3 is 2.33 bits per heavy atom. The molecule has 10 heteroatoms. The number of halogens is 7. The van der Waals surface area contributed by atoms with Gasteiger partial charge in [-0.25, -0.2) is 4.39 Å². The predicted octanol–water partition coefficient (Wildman–Crippen LogP) is 8.30. The zero-order chi connectivity index (χ0) is 37.6. The Morgan fingerprint density at radius 2 is 1.72 bits per heavy atom. The Labute approximate surface area is 258 Å². The molecule has 3 saturated carbocycles. The standard InChI is InChI=1S/C33H45F7O3/c1-21-23(19-24(41)20-26(21)34)11-10-22-9-6-17-30(5)25(22)12-13-27(30)29(4,15-7-14-28(2,3)42)16-8-18-31(43,32(35,36)37)33(38,39)40/h10-11,24-27,41-43H,1,6-7,9,12-17,19-20H2,2-5H3/b22-10+,23-11-/t24-,25?,26+,27-,29-,30+/m1/s1/i2D3,3D3. The molecule has 3 aliphatic rings. The van der Waals surface area contributed by atoms with E-state index in [-0.39, 0.29) is 37.2 Å². The van der Waals surface area contributed by atoms with E-state index in [0.717, 1.165) is 11.5 Å². The number of fused-ring (bicyclic) bond motifs is 1. The van der Waals surface area contributed by atoms with Crippen LogP contribution in [-0.2, 0) is 0 Å². The van der Waals surface area contributed by atoms with Crippen molar-refractivity contribution in [3.8, 4) is 11.8 Å². The Hall–Kier alpha value is -1.83. The molecule has 0 radical (unpaired) electrons. The molecule has 0 aromatic carbocycles. The molecular weight excluding hydrogens is 577 g/mol. The van der Waals surface area contributed by atoms with Crippen LogP contribution in [0.2, 0.25) is 0 Å². The molecule has 6 atom stereocenters. The first-order valence-electron chi connectivity index (χ1n) is 17.5. The minimum Gasteiger partial charge on any atom is -0.393 e. The fraction of sp³-hybridized carbons (Fsp3) is 0.758. The van der Waals surface area contributed by atoms with Crippen LogP contribution in [0.3, 0.4) is 0 Å². The van der Waals surface area contributed by atoms with Crippen LogP contribution in [0.1, 0.15) is 106 Å². The van der Waals surface area contributed by atoms with Crippen molar-refractivity contribution < 1.29 is 54.3 Å². The monoisotopic (exact) mass is 628 g/mol. The summed E-state index contributed by atoms with van der Waals surface area (Å²) in [6.45, 7) is 0.717. The van der Waals surface area contributed by atoms with Crippen LogP contribution in [0.4, 0.5) is 30.7 Å². The molecule has 0 spiro atoms. The summed E-state index contributed by atoms with van der Waals surface area (Å²) in [5, 5.41) is 30.5. The van der Waals surface area contributed by atoms with Gasteiger partial charge >= 0.3 is 18.0 Å². The van der Waals surface area contributed by atoms with Gasteiger partial charge in [0, 0.05) is 21.1 Å². The Kier molecular flexibility index (Phi) is 8.00. The van der Waals surface area contributed by atoms with E-state index >= 15 is 0 Å². The minimum absolute atomic E-state index is 0.0456. The zero-order valence-electron chi connectivity index (χ0n) is 30.4. The SMILES string of the molecule is [2H]C([2H])([2H])C(O)(CCC[C@](C)(CC#CC(O)(C(F)(F)F)C(F)(F)F)[C@H]1CCC2/C(=C/C=C3/C[C@@H](O)C[C@H](F)C3=C)CCC[C@@]21C)C([2H])([2H])[2H]. The number of aliphatic hydroxyl groups excluding tert-OH is 1. The number of hydrogen-bond acceptors (Lipinski definition) is 3. The topological polar surface area (TPSA) is 60.7 Å². The molecule has 0 amide bonds. The third kappa shape index (κ3) is 7.70. The van der Waals surface area contributed by atoms with Gasteiger partial charge < -0.3 is 15.3 Å². The van der Waals surface area contributed by atoms with Crippen LogP contribution >= 0.6 is 0 Å². The van der Waals surface area contributed by atoms with Crippen LogP contribution in [-0.4, -0.2) is 51.1 Å². The average molecular weight is 629 g/mol. The van der Waals surface area contributed by atoms with Crippen LogP contribution < -0.4 is 0 Å². The van der Waals surface area contributed by atoms with Gasteiger partial charge in [-0.2, -0.15) is 26.3 Å². The van der Waals surface area contributed by atoms with E-state index in [0.29, 0.717) is 37.7 Å². The largest absolute Gasteiger partial charge is 0.438 e. The molecule has 0 aromatic heterocycles. The maximum absolute atomic E-state index is 14.4. The molecule has 3 aliphatic carbocycles. The summed E-state index contributed by atoms with van der Waals surface area (Å²) in [6.07, 6.45) is -9.45. The Bertz CT molecular complexity index is 1330. The van der Waals surface area contributed by atoms with Crippen molar-refractivity contribution in [2.45, 2.75) is 134 Å². The maximum atomic E-state index is 14.4. The highest BCUT2D eigenvalue weighted by molar-refractivity contribution is 5.39. The van der Waals surface area contributed by atoms with Crippen LogP contribution in [0.15, 0.2) is 35.5 Å².